The van der Waals surface area contributed by atoms with Gasteiger partial charge in [-0.3, -0.25) is 4.79 Å². The lowest BCUT2D eigenvalue weighted by atomic mass is 9.97. The van der Waals surface area contributed by atoms with Crippen LogP contribution in [-0.4, -0.2) is 42.9 Å². The van der Waals surface area contributed by atoms with E-state index in [9.17, 15) is 9.59 Å². The quantitative estimate of drug-likeness (QED) is 0.557. The van der Waals surface area contributed by atoms with E-state index in [1.807, 2.05) is 0 Å². The summed E-state index contributed by atoms with van der Waals surface area (Å²) in [5.74, 6) is -4.21. The second-order valence-corrected chi connectivity index (χ2v) is 3.59. The summed E-state index contributed by atoms with van der Waals surface area (Å²) in [6.45, 7) is 0. The van der Waals surface area contributed by atoms with E-state index in [4.69, 9.17) is 20.3 Å². The van der Waals surface area contributed by atoms with E-state index in [0.717, 1.165) is 14.2 Å². The van der Waals surface area contributed by atoms with E-state index in [0.29, 0.717) is 5.56 Å². The van der Waals surface area contributed by atoms with Crippen LogP contribution in [0.15, 0.2) is 30.3 Å². The number of hydrogen-bond donors (Lipinski definition) is 2. The normalized spacial score (nSPS) is 13.1. The van der Waals surface area contributed by atoms with Crippen molar-refractivity contribution < 1.29 is 24.2 Å². The third-order valence-corrected chi connectivity index (χ3v) is 2.65. The zero-order valence-corrected chi connectivity index (χ0v) is 10.1. The Morgan fingerprint density at radius 1 is 1.22 bits per heavy atom. The summed E-state index contributed by atoms with van der Waals surface area (Å²) in [7, 11) is 2.24. The molecule has 1 rings (SSSR count). The molecule has 0 amide bonds. The first kappa shape index (κ1) is 14.3. The zero-order valence-electron chi connectivity index (χ0n) is 10.1. The van der Waals surface area contributed by atoms with Crippen LogP contribution in [-0.2, 0) is 14.3 Å². The molecule has 0 heterocycles. The number of Topliss-reactive ketones (excluding diaryl/α,β-unsaturated/α-hetero) is 1. The molecule has 3 N–H and O–H groups in total. The lowest BCUT2D eigenvalue weighted by Crippen LogP contribution is -2.60. The van der Waals surface area contributed by atoms with Crippen LogP contribution in [0, 0.1) is 0 Å². The number of ether oxygens (including phenoxy) is 2. The fourth-order valence-electron chi connectivity index (χ4n) is 1.60. The monoisotopic (exact) mass is 253 g/mol. The van der Waals surface area contributed by atoms with Gasteiger partial charge in [-0.05, 0) is 0 Å². The van der Waals surface area contributed by atoms with Crippen LogP contribution in [0.1, 0.15) is 10.4 Å². The molecule has 98 valence electrons. The first-order valence-corrected chi connectivity index (χ1v) is 5.18. The summed E-state index contributed by atoms with van der Waals surface area (Å²) < 4.78 is 9.57. The number of aliphatic carboxylic acids is 1. The molecule has 0 aromatic heterocycles. The highest BCUT2D eigenvalue weighted by molar-refractivity contribution is 6.03. The van der Waals surface area contributed by atoms with Crippen molar-refractivity contribution in [1.82, 2.24) is 0 Å². The molecule has 0 radical (unpaired) electrons. The van der Waals surface area contributed by atoms with Crippen molar-refractivity contribution in [2.45, 2.75) is 11.8 Å². The number of carboxylic acids is 1. The molecular weight excluding hydrogens is 238 g/mol. The number of rotatable bonds is 6. The summed E-state index contributed by atoms with van der Waals surface area (Å²) in [5, 5.41) is 9.11. The van der Waals surface area contributed by atoms with Crippen LogP contribution < -0.4 is 5.73 Å². The third kappa shape index (κ3) is 2.40. The Morgan fingerprint density at radius 2 is 1.72 bits per heavy atom. The topological polar surface area (TPSA) is 98.8 Å². The summed E-state index contributed by atoms with van der Waals surface area (Å²) in [6.07, 6.45) is 0. The van der Waals surface area contributed by atoms with Crippen molar-refractivity contribution in [3.63, 3.8) is 0 Å². The fraction of sp³-hybridized carbons (Fsp3) is 0.333. The van der Waals surface area contributed by atoms with Crippen LogP contribution in [0.5, 0.6) is 0 Å². The Hall–Kier alpha value is -1.76. The van der Waals surface area contributed by atoms with Gasteiger partial charge >= 0.3 is 5.97 Å². The maximum Gasteiger partial charge on any atom is 0.366 e. The number of hydrogen-bond acceptors (Lipinski definition) is 5. The number of methoxy groups -OCH3 is 2. The standard InChI is InChI=1S/C12H15NO5/c1-17-12(18-2,11(15)16)10(13)9(14)8-6-4-3-5-7-8/h3-7,10H,13H2,1-2H3,(H,15,16). The third-order valence-electron chi connectivity index (χ3n) is 2.65. The molecule has 0 saturated carbocycles. The minimum Gasteiger partial charge on any atom is -0.477 e. The lowest BCUT2D eigenvalue weighted by Gasteiger charge is -2.30. The predicted octanol–water partition coefficient (Wildman–Crippen LogP) is 0.270. The predicted molar refractivity (Wildman–Crippen MR) is 63.1 cm³/mol. The van der Waals surface area contributed by atoms with Crippen molar-refractivity contribution in [3.8, 4) is 0 Å². The lowest BCUT2D eigenvalue weighted by molar-refractivity contribution is -0.228. The first-order chi connectivity index (χ1) is 8.49. The molecule has 0 bridgehead atoms. The minimum atomic E-state index is -2.19. The van der Waals surface area contributed by atoms with Gasteiger partial charge in [-0.1, -0.05) is 30.3 Å². The molecule has 0 fully saturated rings. The van der Waals surface area contributed by atoms with Gasteiger partial charge in [-0.15, -0.1) is 0 Å². The number of benzene rings is 1. The largest absolute Gasteiger partial charge is 0.477 e. The minimum absolute atomic E-state index is 0.296. The molecular formula is C12H15NO5. The Bertz CT molecular complexity index is 427. The van der Waals surface area contributed by atoms with Gasteiger partial charge in [0.05, 0.1) is 0 Å². The molecule has 0 saturated heterocycles. The molecule has 1 atom stereocenters. The molecule has 0 spiro atoms. The van der Waals surface area contributed by atoms with E-state index >= 15 is 0 Å². The summed E-state index contributed by atoms with van der Waals surface area (Å²) in [5.41, 5.74) is 5.97. The van der Waals surface area contributed by atoms with Gasteiger partial charge in [0.2, 0.25) is 0 Å². The van der Waals surface area contributed by atoms with Gasteiger partial charge < -0.3 is 20.3 Å². The SMILES string of the molecule is COC(OC)(C(=O)O)C(N)C(=O)c1ccccc1. The first-order valence-electron chi connectivity index (χ1n) is 5.18. The van der Waals surface area contributed by atoms with Crippen molar-refractivity contribution in [1.29, 1.82) is 0 Å². The van der Waals surface area contributed by atoms with Crippen LogP contribution in [0.25, 0.3) is 0 Å². The average Bonchev–Trinajstić information content (AvgIpc) is 2.40. The van der Waals surface area contributed by atoms with Gasteiger partial charge in [-0.25, -0.2) is 4.79 Å². The number of nitrogens with two attached hydrogens (primary N) is 1. The van der Waals surface area contributed by atoms with Gasteiger partial charge in [0.15, 0.2) is 5.78 Å². The average molecular weight is 253 g/mol. The highest BCUT2D eigenvalue weighted by atomic mass is 16.7. The second-order valence-electron chi connectivity index (χ2n) is 3.59. The summed E-state index contributed by atoms with van der Waals surface area (Å²) in [6, 6.07) is 6.66. The van der Waals surface area contributed by atoms with Crippen LogP contribution in [0.2, 0.25) is 0 Å². The smallest absolute Gasteiger partial charge is 0.366 e. The highest BCUT2D eigenvalue weighted by Crippen LogP contribution is 2.19. The van der Waals surface area contributed by atoms with E-state index < -0.39 is 23.6 Å². The Kier molecular flexibility index (Phi) is 4.55. The van der Waals surface area contributed by atoms with Crippen molar-refractivity contribution in [2.75, 3.05) is 14.2 Å². The molecule has 1 aromatic carbocycles. The fourth-order valence-corrected chi connectivity index (χ4v) is 1.60. The highest BCUT2D eigenvalue weighted by Gasteiger charge is 2.49. The van der Waals surface area contributed by atoms with E-state index in [2.05, 4.69) is 0 Å². The summed E-state index contributed by atoms with van der Waals surface area (Å²) in [4.78, 5) is 23.2. The van der Waals surface area contributed by atoms with E-state index in [-0.39, 0.29) is 0 Å². The number of carboxylic acid groups (broad SMARTS) is 1. The van der Waals surface area contributed by atoms with Crippen molar-refractivity contribution in [3.05, 3.63) is 35.9 Å². The molecule has 0 aliphatic rings. The number of carbonyl (C=O) groups excluding carboxylic acids is 1. The second kappa shape index (κ2) is 5.72. The van der Waals surface area contributed by atoms with Crippen LogP contribution in [0.3, 0.4) is 0 Å². The van der Waals surface area contributed by atoms with Gasteiger partial charge in [0.1, 0.15) is 6.04 Å². The molecule has 6 nitrogen and oxygen atoms in total. The molecule has 1 unspecified atom stereocenters. The molecule has 0 aliphatic heterocycles. The maximum atomic E-state index is 12.1. The zero-order chi connectivity index (χ0) is 13.8. The van der Waals surface area contributed by atoms with Crippen LogP contribution in [0.4, 0.5) is 0 Å². The molecule has 18 heavy (non-hydrogen) atoms. The molecule has 1 aromatic rings. The summed E-state index contributed by atoms with van der Waals surface area (Å²) >= 11 is 0. The van der Waals surface area contributed by atoms with Crippen LogP contribution >= 0.6 is 0 Å². The van der Waals surface area contributed by atoms with E-state index in [1.54, 1.807) is 30.3 Å². The van der Waals surface area contributed by atoms with Gasteiger partial charge in [0, 0.05) is 19.8 Å². The number of carbonyl (C=O) groups is 2. The van der Waals surface area contributed by atoms with E-state index in [1.165, 1.54) is 0 Å². The van der Waals surface area contributed by atoms with Crippen molar-refractivity contribution >= 4 is 11.8 Å². The number of ketones is 1. The van der Waals surface area contributed by atoms with Gasteiger partial charge in [0.25, 0.3) is 5.79 Å². The molecule has 6 heteroatoms. The van der Waals surface area contributed by atoms with Gasteiger partial charge in [-0.2, -0.15) is 0 Å². The van der Waals surface area contributed by atoms with Crippen molar-refractivity contribution in [2.24, 2.45) is 5.73 Å². The Labute approximate surface area is 104 Å². The Balaban J connectivity index is 3.08. The maximum absolute atomic E-state index is 12.1. The Morgan fingerprint density at radius 3 is 2.11 bits per heavy atom. The molecule has 0 aliphatic carbocycles.